The normalized spacial score (nSPS) is 25.2. The Hall–Kier alpha value is -2.57. The zero-order chi connectivity index (χ0) is 56.0. The van der Waals surface area contributed by atoms with Crippen molar-refractivity contribution in [2.24, 2.45) is 0 Å². The summed E-state index contributed by atoms with van der Waals surface area (Å²) >= 11 is 0. The molecule has 0 bridgehead atoms. The second-order valence-electron chi connectivity index (χ2n) is 21.4. The predicted octanol–water partition coefficient (Wildman–Crippen LogP) is 10.7. The number of carbonyl (C=O) groups excluding carboxylic acids is 1. The van der Waals surface area contributed by atoms with Crippen LogP contribution in [0.5, 0.6) is 0 Å². The monoisotopic (exact) mass is 1090 g/mol. The molecule has 14 heteroatoms. The van der Waals surface area contributed by atoms with Gasteiger partial charge in [-0.25, -0.2) is 0 Å². The minimum Gasteiger partial charge on any atom is -0.394 e. The van der Waals surface area contributed by atoms with Crippen molar-refractivity contribution < 1.29 is 64.6 Å². The van der Waals surface area contributed by atoms with Gasteiger partial charge in [0.1, 0.15) is 48.8 Å². The fourth-order valence-corrected chi connectivity index (χ4v) is 9.69. The van der Waals surface area contributed by atoms with Gasteiger partial charge in [0.05, 0.1) is 32.0 Å². The number of rotatable bonds is 48. The van der Waals surface area contributed by atoms with E-state index in [2.05, 4.69) is 79.9 Å². The first-order valence-corrected chi connectivity index (χ1v) is 30.7. The average molecular weight is 1090 g/mol. The lowest BCUT2D eigenvalue weighted by atomic mass is 9.97. The highest BCUT2D eigenvalue weighted by atomic mass is 16.7. The third-order valence-corrected chi connectivity index (χ3v) is 14.6. The number of amides is 1. The minimum atomic E-state index is -1.80. The molecule has 12 atom stereocenters. The largest absolute Gasteiger partial charge is 0.394 e. The quantitative estimate of drug-likeness (QED) is 0.0204. The lowest BCUT2D eigenvalue weighted by molar-refractivity contribution is -0.359. The number of aliphatic hydroxyl groups excluding tert-OH is 8. The van der Waals surface area contributed by atoms with E-state index in [0.717, 1.165) is 64.2 Å². The topological polar surface area (TPSA) is 228 Å². The molecule has 0 spiro atoms. The number of unbranched alkanes of at least 4 members (excludes halogenated alkanes) is 25. The molecule has 9 N–H and O–H groups in total. The Morgan fingerprint density at radius 2 is 0.909 bits per heavy atom. The summed E-state index contributed by atoms with van der Waals surface area (Å²) in [6.07, 6.45) is 46.9. The van der Waals surface area contributed by atoms with Gasteiger partial charge in [0.15, 0.2) is 12.6 Å². The third-order valence-electron chi connectivity index (χ3n) is 14.6. The first-order chi connectivity index (χ1) is 37.6. The van der Waals surface area contributed by atoms with Crippen LogP contribution < -0.4 is 5.32 Å². The van der Waals surface area contributed by atoms with Crippen molar-refractivity contribution in [1.82, 2.24) is 5.32 Å². The van der Waals surface area contributed by atoms with Gasteiger partial charge in [-0.1, -0.05) is 215 Å². The Morgan fingerprint density at radius 3 is 1.43 bits per heavy atom. The van der Waals surface area contributed by atoms with Gasteiger partial charge in [0.2, 0.25) is 5.91 Å². The molecule has 2 rings (SSSR count). The van der Waals surface area contributed by atoms with Crippen molar-refractivity contribution in [3.8, 4) is 0 Å². The van der Waals surface area contributed by atoms with Crippen LogP contribution in [0.25, 0.3) is 0 Å². The molecule has 0 saturated carbocycles. The van der Waals surface area contributed by atoms with E-state index in [0.29, 0.717) is 12.8 Å². The molecule has 0 radical (unpaired) electrons. The number of ether oxygens (including phenoxy) is 4. The van der Waals surface area contributed by atoms with Gasteiger partial charge in [-0.15, -0.1) is 0 Å². The Labute approximate surface area is 466 Å². The molecule has 1 amide bonds. The smallest absolute Gasteiger partial charge is 0.220 e. The Kier molecular flexibility index (Phi) is 44.1. The molecule has 2 saturated heterocycles. The summed E-state index contributed by atoms with van der Waals surface area (Å²) < 4.78 is 22.7. The SMILES string of the molecule is CC/C=C\C/C=C\C/C=C\CCCCCC(=O)NC(COC1OC(CO)C(OC2OC(CO)C(O)C(O)C2O)C(O)C1O)C(O)/C=C/CC/C=C/CC/C=C/CCCCCCCCCCCCCCCCCCCCCC. The molecule has 0 aliphatic carbocycles. The number of aliphatic hydroxyl groups is 8. The van der Waals surface area contributed by atoms with Crippen molar-refractivity contribution in [1.29, 1.82) is 0 Å². The summed E-state index contributed by atoms with van der Waals surface area (Å²) in [5.74, 6) is -0.284. The van der Waals surface area contributed by atoms with Crippen LogP contribution in [0.4, 0.5) is 0 Å². The van der Waals surface area contributed by atoms with Gasteiger partial charge in [-0.05, 0) is 77.0 Å². The number of hydrogen-bond acceptors (Lipinski definition) is 13. The summed E-state index contributed by atoms with van der Waals surface area (Å²) in [4.78, 5) is 13.2. The fraction of sp³-hybridized carbons (Fsp3) is 0.794. The number of nitrogens with one attached hydrogen (secondary N) is 1. The standard InChI is InChI=1S/C63H111NO13/c1-3-5-7-9-11-13-15-17-18-19-20-21-22-23-24-25-26-27-28-29-30-31-32-33-35-36-38-40-42-44-46-52(67)51(64-55(68)47-45-43-41-39-37-34-16-14-12-10-8-6-4-2)50-74-62-60(73)58(71)61(54(49-66)76-62)77-63-59(72)57(70)56(69)53(48-65)75-63/h6,8,12,14,31-32,34,36-38,44,46,51-54,56-63,65-67,69-73H,3-5,7,9-11,13,15-30,33,35,39-43,45,47-50H2,1-2H3,(H,64,68)/b8-6-,14-12-,32-31+,37-34-,38-36+,46-44+. The molecule has 12 unspecified atom stereocenters. The maximum atomic E-state index is 13.2. The second kappa shape index (κ2) is 48.2. The molecule has 0 aromatic heterocycles. The van der Waals surface area contributed by atoms with Gasteiger partial charge in [0, 0.05) is 6.42 Å². The minimum absolute atomic E-state index is 0.231. The lowest BCUT2D eigenvalue weighted by Gasteiger charge is -2.46. The van der Waals surface area contributed by atoms with E-state index in [-0.39, 0.29) is 18.9 Å². The molecule has 2 aliphatic rings. The lowest BCUT2D eigenvalue weighted by Crippen LogP contribution is -2.65. The van der Waals surface area contributed by atoms with E-state index in [1.54, 1.807) is 6.08 Å². The summed E-state index contributed by atoms with van der Waals surface area (Å²) in [7, 11) is 0. The maximum Gasteiger partial charge on any atom is 0.220 e. The maximum absolute atomic E-state index is 13.2. The second-order valence-corrected chi connectivity index (χ2v) is 21.4. The zero-order valence-corrected chi connectivity index (χ0v) is 47.9. The molecule has 77 heavy (non-hydrogen) atoms. The van der Waals surface area contributed by atoms with Gasteiger partial charge in [0.25, 0.3) is 0 Å². The van der Waals surface area contributed by atoms with Crippen LogP contribution in [0.15, 0.2) is 72.9 Å². The number of hydrogen-bond donors (Lipinski definition) is 9. The Morgan fingerprint density at radius 1 is 0.481 bits per heavy atom. The highest BCUT2D eigenvalue weighted by Gasteiger charge is 2.51. The van der Waals surface area contributed by atoms with E-state index in [4.69, 9.17) is 18.9 Å². The zero-order valence-electron chi connectivity index (χ0n) is 47.9. The van der Waals surface area contributed by atoms with Crippen LogP contribution in [0.1, 0.15) is 226 Å². The molecule has 446 valence electrons. The van der Waals surface area contributed by atoms with E-state index in [9.17, 15) is 45.6 Å². The summed E-state index contributed by atoms with van der Waals surface area (Å²) in [5.41, 5.74) is 0. The highest BCUT2D eigenvalue weighted by molar-refractivity contribution is 5.76. The van der Waals surface area contributed by atoms with Crippen molar-refractivity contribution in [3.05, 3.63) is 72.9 Å². The Balaban J connectivity index is 1.73. The van der Waals surface area contributed by atoms with Crippen molar-refractivity contribution in [3.63, 3.8) is 0 Å². The third kappa shape index (κ3) is 33.7. The first-order valence-electron chi connectivity index (χ1n) is 30.7. The van der Waals surface area contributed by atoms with Crippen molar-refractivity contribution in [2.45, 2.75) is 299 Å². The molecule has 2 aliphatic heterocycles. The van der Waals surface area contributed by atoms with Crippen LogP contribution in [-0.2, 0) is 23.7 Å². The molecule has 0 aromatic rings. The van der Waals surface area contributed by atoms with E-state index < -0.39 is 86.8 Å². The highest BCUT2D eigenvalue weighted by Crippen LogP contribution is 2.30. The average Bonchev–Trinajstić information content (AvgIpc) is 3.44. The number of allylic oxidation sites excluding steroid dienone is 11. The van der Waals surface area contributed by atoms with E-state index in [1.807, 2.05) is 6.08 Å². The van der Waals surface area contributed by atoms with Gasteiger partial charge < -0.3 is 65.1 Å². The molecule has 2 heterocycles. The fourth-order valence-electron chi connectivity index (χ4n) is 9.69. The molecule has 14 nitrogen and oxygen atoms in total. The van der Waals surface area contributed by atoms with Crippen LogP contribution >= 0.6 is 0 Å². The Bertz CT molecular complexity index is 1570. The van der Waals surface area contributed by atoms with Gasteiger partial charge in [-0.2, -0.15) is 0 Å². The summed E-state index contributed by atoms with van der Waals surface area (Å²) in [5, 5.41) is 87.0. The van der Waals surface area contributed by atoms with E-state index >= 15 is 0 Å². The van der Waals surface area contributed by atoms with Gasteiger partial charge >= 0.3 is 0 Å². The molecular weight excluding hydrogens is 979 g/mol. The number of carbonyl (C=O) groups is 1. The van der Waals surface area contributed by atoms with Crippen LogP contribution in [0.2, 0.25) is 0 Å². The van der Waals surface area contributed by atoms with E-state index in [1.165, 1.54) is 128 Å². The molecular formula is C63H111NO13. The predicted molar refractivity (Wildman–Crippen MR) is 309 cm³/mol. The van der Waals surface area contributed by atoms with Gasteiger partial charge in [-0.3, -0.25) is 4.79 Å². The van der Waals surface area contributed by atoms with Crippen molar-refractivity contribution >= 4 is 5.91 Å². The summed E-state index contributed by atoms with van der Waals surface area (Å²) in [6, 6.07) is -0.957. The molecule has 0 aromatic carbocycles. The van der Waals surface area contributed by atoms with Crippen LogP contribution in [0, 0.1) is 0 Å². The molecule has 2 fully saturated rings. The first kappa shape index (κ1) is 70.5. The van der Waals surface area contributed by atoms with Crippen LogP contribution in [-0.4, -0.2) is 140 Å². The van der Waals surface area contributed by atoms with Crippen molar-refractivity contribution in [2.75, 3.05) is 19.8 Å². The van der Waals surface area contributed by atoms with Crippen LogP contribution in [0.3, 0.4) is 0 Å². The summed E-state index contributed by atoms with van der Waals surface area (Å²) in [6.45, 7) is 2.63.